The van der Waals surface area contributed by atoms with Gasteiger partial charge in [0.25, 0.3) is 0 Å². The molecule has 3 atom stereocenters. The fourth-order valence-electron chi connectivity index (χ4n) is 3.36. The molecule has 0 saturated heterocycles. The van der Waals surface area contributed by atoms with Crippen LogP contribution in [-0.4, -0.2) is 52.6 Å². The number of esters is 1. The Morgan fingerprint density at radius 2 is 1.24 bits per heavy atom. The fraction of sp³-hybridized carbons (Fsp3) is 0.920. The number of amides is 1. The van der Waals surface area contributed by atoms with Crippen molar-refractivity contribution < 1.29 is 34.4 Å². The quantitative estimate of drug-likeness (QED) is 0.120. The number of aliphatic hydroxyl groups excluding tert-OH is 3. The summed E-state index contributed by atoms with van der Waals surface area (Å²) in [5.41, 5.74) is -0.715. The van der Waals surface area contributed by atoms with Crippen LogP contribution in [0.5, 0.6) is 0 Å². The first-order chi connectivity index (χ1) is 15.6. The van der Waals surface area contributed by atoms with Crippen molar-refractivity contribution in [1.29, 1.82) is 0 Å². The van der Waals surface area contributed by atoms with Gasteiger partial charge in [-0.25, -0.2) is 4.79 Å². The van der Waals surface area contributed by atoms with Crippen molar-refractivity contribution in [1.82, 2.24) is 5.32 Å². The maximum Gasteiger partial charge on any atom is 0.412 e. The first kappa shape index (κ1) is 31.6. The minimum Gasteiger partial charge on any atom is -0.427 e. The van der Waals surface area contributed by atoms with E-state index in [0.717, 1.165) is 19.3 Å². The molecule has 0 aromatic carbocycles. The van der Waals surface area contributed by atoms with E-state index in [-0.39, 0.29) is 6.42 Å². The smallest absolute Gasteiger partial charge is 0.412 e. The summed E-state index contributed by atoms with van der Waals surface area (Å²) in [4.78, 5) is 23.2. The average Bonchev–Trinajstić information content (AvgIpc) is 2.73. The largest absolute Gasteiger partial charge is 0.427 e. The Hall–Kier alpha value is -1.38. The monoisotopic (exact) mass is 475 g/mol. The van der Waals surface area contributed by atoms with Gasteiger partial charge < -0.3 is 24.8 Å². The maximum atomic E-state index is 11.6. The summed E-state index contributed by atoms with van der Waals surface area (Å²) in [6.07, 6.45) is 10.4. The number of hydrogen-bond donors (Lipinski definition) is 4. The van der Waals surface area contributed by atoms with Crippen LogP contribution >= 0.6 is 0 Å². The van der Waals surface area contributed by atoms with Gasteiger partial charge in [0.2, 0.25) is 6.79 Å². The Labute approximate surface area is 200 Å². The van der Waals surface area contributed by atoms with E-state index < -0.39 is 42.7 Å². The van der Waals surface area contributed by atoms with E-state index in [9.17, 15) is 24.9 Å². The number of carbonyl (C=O) groups excluding carboxylic acids is 2. The topological polar surface area (TPSA) is 125 Å². The molecule has 0 radical (unpaired) electrons. The zero-order valence-electron chi connectivity index (χ0n) is 21.3. The molecule has 0 fully saturated rings. The van der Waals surface area contributed by atoms with Crippen LogP contribution in [0.15, 0.2) is 0 Å². The lowest BCUT2D eigenvalue weighted by Crippen LogP contribution is -2.40. The number of nitrogens with one attached hydrogen (secondary N) is 1. The summed E-state index contributed by atoms with van der Waals surface area (Å²) in [6, 6.07) is 0. The van der Waals surface area contributed by atoms with Crippen molar-refractivity contribution in [3.8, 4) is 0 Å². The molecule has 0 aliphatic heterocycles. The fourth-order valence-corrected chi connectivity index (χ4v) is 3.36. The normalized spacial score (nSPS) is 14.4. The maximum absolute atomic E-state index is 11.6. The highest BCUT2D eigenvalue weighted by molar-refractivity contribution is 5.75. The van der Waals surface area contributed by atoms with Gasteiger partial charge in [0.15, 0.2) is 0 Å². The van der Waals surface area contributed by atoms with E-state index in [1.54, 1.807) is 20.8 Å². The van der Waals surface area contributed by atoms with E-state index >= 15 is 0 Å². The molecule has 8 heteroatoms. The summed E-state index contributed by atoms with van der Waals surface area (Å²) < 4.78 is 9.47. The Morgan fingerprint density at radius 1 is 0.758 bits per heavy atom. The molecule has 0 aliphatic rings. The SMILES string of the molecule is CCCCCCCCCCCCCCC(O)C(O)CC(O)NC(=O)OCOC(=O)C(C)(C)C. The number of hydrogen-bond acceptors (Lipinski definition) is 7. The van der Waals surface area contributed by atoms with Gasteiger partial charge in [0.1, 0.15) is 6.23 Å². The number of rotatable bonds is 19. The average molecular weight is 476 g/mol. The van der Waals surface area contributed by atoms with Crippen molar-refractivity contribution in [3.05, 3.63) is 0 Å². The molecule has 0 rings (SSSR count). The number of carbonyl (C=O) groups is 2. The molecule has 8 nitrogen and oxygen atoms in total. The molecule has 0 saturated carbocycles. The Balaban J connectivity index is 3.73. The van der Waals surface area contributed by atoms with E-state index in [1.165, 1.54) is 57.8 Å². The second kappa shape index (κ2) is 19.0. The van der Waals surface area contributed by atoms with Gasteiger partial charge in [0.05, 0.1) is 17.6 Å². The van der Waals surface area contributed by atoms with Gasteiger partial charge in [-0.1, -0.05) is 84.0 Å². The number of aliphatic hydroxyl groups is 3. The van der Waals surface area contributed by atoms with E-state index in [4.69, 9.17) is 4.74 Å². The van der Waals surface area contributed by atoms with Crippen LogP contribution in [0.2, 0.25) is 0 Å². The molecule has 0 aromatic rings. The standard InChI is InChI=1S/C25H49NO7/c1-5-6-7-8-9-10-11-12-13-14-15-16-17-20(27)21(28)18-22(29)26-24(31)33-19-32-23(30)25(2,3)4/h20-22,27-29H,5-19H2,1-4H3,(H,26,31). The zero-order valence-corrected chi connectivity index (χ0v) is 21.3. The van der Waals surface area contributed by atoms with Crippen molar-refractivity contribution in [3.63, 3.8) is 0 Å². The molecule has 1 amide bonds. The summed E-state index contributed by atoms with van der Waals surface area (Å²) in [6.45, 7) is 6.67. The first-order valence-corrected chi connectivity index (χ1v) is 12.7. The third-order valence-electron chi connectivity index (χ3n) is 5.54. The lowest BCUT2D eigenvalue weighted by atomic mass is 9.98. The molecule has 0 heterocycles. The van der Waals surface area contributed by atoms with Crippen molar-refractivity contribution in [2.75, 3.05) is 6.79 Å². The van der Waals surface area contributed by atoms with Crippen LogP contribution in [0.1, 0.15) is 118 Å². The van der Waals surface area contributed by atoms with Gasteiger partial charge in [-0.05, 0) is 27.2 Å². The van der Waals surface area contributed by atoms with Crippen LogP contribution in [0.3, 0.4) is 0 Å². The molecule has 33 heavy (non-hydrogen) atoms. The first-order valence-electron chi connectivity index (χ1n) is 12.7. The highest BCUT2D eigenvalue weighted by atomic mass is 16.7. The van der Waals surface area contributed by atoms with E-state index in [0.29, 0.717) is 6.42 Å². The lowest BCUT2D eigenvalue weighted by Gasteiger charge is -2.21. The van der Waals surface area contributed by atoms with Gasteiger partial charge in [-0.2, -0.15) is 0 Å². The zero-order chi connectivity index (χ0) is 25.1. The van der Waals surface area contributed by atoms with E-state index in [1.807, 2.05) is 0 Å². The third kappa shape index (κ3) is 18.7. The van der Waals surface area contributed by atoms with Gasteiger partial charge in [0, 0.05) is 6.42 Å². The number of ether oxygens (including phenoxy) is 2. The molecule has 196 valence electrons. The van der Waals surface area contributed by atoms with Crippen molar-refractivity contribution >= 4 is 12.1 Å². The molecular weight excluding hydrogens is 426 g/mol. The Kier molecular flexibility index (Phi) is 18.2. The van der Waals surface area contributed by atoms with Gasteiger partial charge in [-0.15, -0.1) is 0 Å². The summed E-state index contributed by atoms with van der Waals surface area (Å²) >= 11 is 0. The predicted octanol–water partition coefficient (Wildman–Crippen LogP) is 4.78. The molecule has 0 aromatic heterocycles. The van der Waals surface area contributed by atoms with Crippen LogP contribution < -0.4 is 5.32 Å². The number of alkyl carbamates (subject to hydrolysis) is 1. The van der Waals surface area contributed by atoms with Crippen LogP contribution in [-0.2, 0) is 14.3 Å². The van der Waals surface area contributed by atoms with Gasteiger partial charge >= 0.3 is 12.1 Å². The highest BCUT2D eigenvalue weighted by Crippen LogP contribution is 2.16. The van der Waals surface area contributed by atoms with Gasteiger partial charge in [-0.3, -0.25) is 10.1 Å². The Morgan fingerprint density at radius 3 is 1.73 bits per heavy atom. The summed E-state index contributed by atoms with van der Waals surface area (Å²) in [5.74, 6) is -0.521. The molecule has 0 aliphatic carbocycles. The predicted molar refractivity (Wildman–Crippen MR) is 128 cm³/mol. The minimum atomic E-state index is -1.39. The molecule has 4 N–H and O–H groups in total. The number of unbranched alkanes of at least 4 members (excludes halogenated alkanes) is 11. The molecular formula is C25H49NO7. The molecule has 0 spiro atoms. The third-order valence-corrected chi connectivity index (χ3v) is 5.54. The lowest BCUT2D eigenvalue weighted by molar-refractivity contribution is -0.161. The molecule has 3 unspecified atom stereocenters. The second-order valence-corrected chi connectivity index (χ2v) is 9.94. The van der Waals surface area contributed by atoms with E-state index in [2.05, 4.69) is 17.0 Å². The molecule has 0 bridgehead atoms. The van der Waals surface area contributed by atoms with Crippen molar-refractivity contribution in [2.24, 2.45) is 5.41 Å². The summed E-state index contributed by atoms with van der Waals surface area (Å²) in [7, 11) is 0. The van der Waals surface area contributed by atoms with Crippen LogP contribution in [0.25, 0.3) is 0 Å². The van der Waals surface area contributed by atoms with Crippen LogP contribution in [0.4, 0.5) is 4.79 Å². The highest BCUT2D eigenvalue weighted by Gasteiger charge is 2.24. The second-order valence-electron chi connectivity index (χ2n) is 9.94. The summed E-state index contributed by atoms with van der Waals surface area (Å²) in [5, 5.41) is 32.1. The Bertz CT molecular complexity index is 507. The van der Waals surface area contributed by atoms with Crippen molar-refractivity contribution in [2.45, 2.75) is 136 Å². The minimum absolute atomic E-state index is 0.226. The van der Waals surface area contributed by atoms with Crippen LogP contribution in [0, 0.1) is 5.41 Å².